The van der Waals surface area contributed by atoms with Crippen LogP contribution in [0.3, 0.4) is 0 Å². The lowest BCUT2D eigenvalue weighted by Gasteiger charge is -2.16. The van der Waals surface area contributed by atoms with Crippen molar-refractivity contribution in [2.75, 3.05) is 23.4 Å². The second-order valence-electron chi connectivity index (χ2n) is 3.90. The molecule has 0 aromatic heterocycles. The third kappa shape index (κ3) is 15.2. The summed E-state index contributed by atoms with van der Waals surface area (Å²) in [5.74, 6) is 0. The zero-order valence-corrected chi connectivity index (χ0v) is 14.2. The first kappa shape index (κ1) is 18.5. The van der Waals surface area contributed by atoms with E-state index >= 15 is 0 Å². The maximum absolute atomic E-state index is 2.31. The topological polar surface area (TPSA) is 0 Å². The Morgan fingerprint density at radius 3 is 1.13 bits per heavy atom. The van der Waals surface area contributed by atoms with Gasteiger partial charge in [0.25, 0.3) is 0 Å². The highest BCUT2D eigenvalue weighted by atomic mass is 127. The molecular formula is C13H30IP. The van der Waals surface area contributed by atoms with Gasteiger partial charge in [0.15, 0.2) is 0 Å². The molecule has 0 heterocycles. The van der Waals surface area contributed by atoms with Crippen molar-refractivity contribution in [2.45, 2.75) is 59.3 Å². The molecule has 0 atom stereocenters. The second-order valence-corrected chi connectivity index (χ2v) is 6.59. The maximum Gasteiger partial charge on any atom is -0.0121 e. The Balaban J connectivity index is 0. The molecular weight excluding hydrogens is 314 g/mol. The van der Waals surface area contributed by atoms with Crippen LogP contribution < -0.4 is 0 Å². The molecule has 0 nitrogen and oxygen atoms in total. The summed E-state index contributed by atoms with van der Waals surface area (Å²) >= 11 is 2.15. The van der Waals surface area contributed by atoms with E-state index in [1.807, 2.05) is 4.93 Å². The lowest BCUT2D eigenvalue weighted by atomic mass is 10.4. The van der Waals surface area contributed by atoms with Crippen LogP contribution in [0.5, 0.6) is 0 Å². The number of unbranched alkanes of at least 4 members (excludes halogenated alkanes) is 3. The Kier molecular flexibility index (Phi) is 21.7. The first-order chi connectivity index (χ1) is 7.35. The van der Waals surface area contributed by atoms with Crippen molar-refractivity contribution in [3.05, 3.63) is 0 Å². The van der Waals surface area contributed by atoms with Crippen LogP contribution in [0.15, 0.2) is 0 Å². The molecule has 0 spiro atoms. The molecule has 0 rings (SSSR count). The first-order valence-electron chi connectivity index (χ1n) is 6.45. The predicted molar refractivity (Wildman–Crippen MR) is 86.2 cm³/mol. The van der Waals surface area contributed by atoms with Crippen LogP contribution in [0.2, 0.25) is 0 Å². The van der Waals surface area contributed by atoms with Crippen LogP contribution in [-0.4, -0.2) is 23.4 Å². The van der Waals surface area contributed by atoms with Gasteiger partial charge in [0.2, 0.25) is 0 Å². The van der Waals surface area contributed by atoms with Gasteiger partial charge in [-0.25, -0.2) is 0 Å². The molecule has 2 heteroatoms. The number of alkyl halides is 1. The summed E-state index contributed by atoms with van der Waals surface area (Å²) in [4.78, 5) is 1.97. The highest BCUT2D eigenvalue weighted by molar-refractivity contribution is 14.1. The zero-order chi connectivity index (χ0) is 11.9. The Bertz CT molecular complexity index is 77.5. The van der Waals surface area contributed by atoms with Crippen LogP contribution in [0, 0.1) is 0 Å². The number of hydrogen-bond donors (Lipinski definition) is 0. The van der Waals surface area contributed by atoms with Crippen molar-refractivity contribution in [1.82, 2.24) is 0 Å². The normalized spacial score (nSPS) is 10.0. The largest absolute Gasteiger partial charge is 0.107 e. The predicted octanol–water partition coefficient (Wildman–Crippen LogP) is 5.92. The monoisotopic (exact) mass is 344 g/mol. The van der Waals surface area contributed by atoms with Gasteiger partial charge in [0.05, 0.1) is 0 Å². The molecule has 0 aliphatic rings. The molecule has 0 unspecified atom stereocenters. The van der Waals surface area contributed by atoms with E-state index in [2.05, 4.69) is 43.4 Å². The highest BCUT2D eigenvalue weighted by Gasteiger charge is 2.05. The summed E-state index contributed by atoms with van der Waals surface area (Å²) in [6, 6.07) is 0. The third-order valence-corrected chi connectivity index (χ3v) is 5.33. The summed E-state index contributed by atoms with van der Waals surface area (Å²) in [6.07, 6.45) is 13.2. The number of hydrogen-bond acceptors (Lipinski definition) is 0. The van der Waals surface area contributed by atoms with Gasteiger partial charge in [-0.15, -0.1) is 7.92 Å². The molecule has 94 valence electrons. The van der Waals surface area contributed by atoms with Crippen molar-refractivity contribution in [3.63, 3.8) is 0 Å². The van der Waals surface area contributed by atoms with Crippen molar-refractivity contribution in [3.8, 4) is 0 Å². The van der Waals surface area contributed by atoms with Gasteiger partial charge in [0.1, 0.15) is 0 Å². The minimum atomic E-state index is 0.422. The van der Waals surface area contributed by atoms with Crippen molar-refractivity contribution in [1.29, 1.82) is 0 Å². The summed E-state index contributed by atoms with van der Waals surface area (Å²) in [6.45, 7) is 6.94. The molecule has 0 saturated heterocycles. The third-order valence-electron chi connectivity index (χ3n) is 2.48. The quantitative estimate of drug-likeness (QED) is 0.277. The van der Waals surface area contributed by atoms with Gasteiger partial charge in [-0.05, 0) is 42.7 Å². The lowest BCUT2D eigenvalue weighted by molar-refractivity contribution is 0.847. The lowest BCUT2D eigenvalue weighted by Crippen LogP contribution is -1.95. The molecule has 0 aromatic rings. The fourth-order valence-corrected chi connectivity index (χ4v) is 4.44. The van der Waals surface area contributed by atoms with E-state index in [4.69, 9.17) is 0 Å². The Morgan fingerprint density at radius 1 is 0.667 bits per heavy atom. The van der Waals surface area contributed by atoms with Gasteiger partial charge < -0.3 is 0 Å². The van der Waals surface area contributed by atoms with Crippen LogP contribution in [0.1, 0.15) is 59.3 Å². The molecule has 0 amide bonds. The average Bonchev–Trinajstić information content (AvgIpc) is 2.31. The minimum absolute atomic E-state index is 0.422. The van der Waals surface area contributed by atoms with Crippen LogP contribution in [0.25, 0.3) is 0 Å². The zero-order valence-electron chi connectivity index (χ0n) is 11.2. The van der Waals surface area contributed by atoms with Gasteiger partial charge in [-0.1, -0.05) is 62.6 Å². The number of halogens is 1. The maximum atomic E-state index is 2.31. The van der Waals surface area contributed by atoms with Gasteiger partial charge in [0, 0.05) is 0 Å². The summed E-state index contributed by atoms with van der Waals surface area (Å²) in [7, 11) is 0.422. The van der Waals surface area contributed by atoms with Gasteiger partial charge in [-0.3, -0.25) is 0 Å². The Labute approximate surface area is 113 Å². The molecule has 0 bridgehead atoms. The molecule has 0 aliphatic carbocycles. The summed E-state index contributed by atoms with van der Waals surface area (Å²) in [5.41, 5.74) is 0. The van der Waals surface area contributed by atoms with Crippen LogP contribution >= 0.6 is 30.5 Å². The molecule has 0 fully saturated rings. The standard InChI is InChI=1S/C12H27P.CH3I/c1-4-7-10-13(11-8-5-2)12-9-6-3;1-2/h4-12H2,1-3H3;1H3. The van der Waals surface area contributed by atoms with Gasteiger partial charge in [-0.2, -0.15) is 0 Å². The minimum Gasteiger partial charge on any atom is -0.107 e. The molecule has 15 heavy (non-hydrogen) atoms. The van der Waals surface area contributed by atoms with Crippen molar-refractivity contribution >= 4 is 30.5 Å². The molecule has 0 N–H and O–H groups in total. The number of rotatable bonds is 9. The van der Waals surface area contributed by atoms with E-state index < -0.39 is 0 Å². The van der Waals surface area contributed by atoms with E-state index in [0.29, 0.717) is 7.92 Å². The van der Waals surface area contributed by atoms with E-state index in [1.54, 1.807) is 18.5 Å². The van der Waals surface area contributed by atoms with E-state index in [9.17, 15) is 0 Å². The van der Waals surface area contributed by atoms with Gasteiger partial charge >= 0.3 is 0 Å². The average molecular weight is 344 g/mol. The highest BCUT2D eigenvalue weighted by Crippen LogP contribution is 2.38. The van der Waals surface area contributed by atoms with E-state index in [-0.39, 0.29) is 0 Å². The smallest absolute Gasteiger partial charge is 0.0121 e. The Hall–Kier alpha value is 1.16. The first-order valence-corrected chi connectivity index (χ1v) is 10.5. The van der Waals surface area contributed by atoms with Crippen molar-refractivity contribution in [2.24, 2.45) is 0 Å². The van der Waals surface area contributed by atoms with E-state index in [0.717, 1.165) is 0 Å². The fourth-order valence-electron chi connectivity index (χ4n) is 1.48. The molecule has 0 radical (unpaired) electrons. The van der Waals surface area contributed by atoms with Crippen LogP contribution in [-0.2, 0) is 0 Å². The van der Waals surface area contributed by atoms with E-state index in [1.165, 1.54) is 38.5 Å². The fraction of sp³-hybridized carbons (Fsp3) is 1.00. The van der Waals surface area contributed by atoms with Crippen molar-refractivity contribution < 1.29 is 0 Å². The summed E-state index contributed by atoms with van der Waals surface area (Å²) < 4.78 is 0. The Morgan fingerprint density at radius 2 is 0.933 bits per heavy atom. The molecule has 0 aliphatic heterocycles. The second kappa shape index (κ2) is 17.6. The molecule has 0 aromatic carbocycles. The SMILES string of the molecule is CCCCP(CCCC)CCCC.CI. The summed E-state index contributed by atoms with van der Waals surface area (Å²) in [5, 5.41) is 0. The molecule has 0 saturated carbocycles. The van der Waals surface area contributed by atoms with Crippen LogP contribution in [0.4, 0.5) is 0 Å².